The summed E-state index contributed by atoms with van der Waals surface area (Å²) in [6, 6.07) is 10.7. The van der Waals surface area contributed by atoms with Crippen molar-refractivity contribution in [1.82, 2.24) is 9.78 Å². The summed E-state index contributed by atoms with van der Waals surface area (Å²) < 4.78 is 1.83. The summed E-state index contributed by atoms with van der Waals surface area (Å²) in [6.07, 6.45) is 3.11. The van der Waals surface area contributed by atoms with Crippen LogP contribution in [0.15, 0.2) is 36.5 Å². The molecule has 2 aromatic rings. The Labute approximate surface area is 96.9 Å². The van der Waals surface area contributed by atoms with E-state index in [-0.39, 0.29) is 0 Å². The Morgan fingerprint density at radius 3 is 2.31 bits per heavy atom. The molecule has 0 aliphatic rings. The minimum Gasteiger partial charge on any atom is -0.275 e. The van der Waals surface area contributed by atoms with Crippen molar-refractivity contribution >= 4 is 0 Å². The monoisotopic (exact) mass is 214 g/mol. The van der Waals surface area contributed by atoms with Gasteiger partial charge >= 0.3 is 0 Å². The second-order valence-electron chi connectivity index (χ2n) is 4.67. The highest BCUT2D eigenvalue weighted by molar-refractivity contribution is 5.58. The molecule has 0 atom stereocenters. The summed E-state index contributed by atoms with van der Waals surface area (Å²) in [4.78, 5) is 0. The zero-order valence-corrected chi connectivity index (χ0v) is 10.1. The number of benzene rings is 1. The molecule has 2 rings (SSSR count). The molecule has 0 amide bonds. The van der Waals surface area contributed by atoms with Gasteiger partial charge in [0.2, 0.25) is 0 Å². The van der Waals surface area contributed by atoms with Crippen molar-refractivity contribution in [2.45, 2.75) is 20.3 Å². The van der Waals surface area contributed by atoms with Gasteiger partial charge in [0.25, 0.3) is 0 Å². The molecule has 0 aliphatic carbocycles. The molecule has 2 nitrogen and oxygen atoms in total. The molecule has 0 unspecified atom stereocenters. The molecular weight excluding hydrogens is 196 g/mol. The topological polar surface area (TPSA) is 17.8 Å². The third kappa shape index (κ3) is 2.51. The van der Waals surface area contributed by atoms with Crippen LogP contribution in [0.2, 0.25) is 0 Å². The fourth-order valence-corrected chi connectivity index (χ4v) is 1.85. The molecule has 0 saturated carbocycles. The molecule has 84 valence electrons. The van der Waals surface area contributed by atoms with E-state index in [1.807, 2.05) is 24.0 Å². The van der Waals surface area contributed by atoms with E-state index in [1.165, 1.54) is 11.1 Å². The number of nitrogens with zero attached hydrogens (tertiary/aromatic N) is 2. The van der Waals surface area contributed by atoms with Crippen LogP contribution in [0.1, 0.15) is 19.4 Å². The van der Waals surface area contributed by atoms with Gasteiger partial charge in [-0.05, 0) is 24.0 Å². The summed E-state index contributed by atoms with van der Waals surface area (Å²) in [6.45, 7) is 4.49. The molecule has 0 saturated heterocycles. The molecule has 0 fully saturated rings. The number of aromatic nitrogens is 2. The summed E-state index contributed by atoms with van der Waals surface area (Å²) in [5, 5.41) is 4.39. The second kappa shape index (κ2) is 4.52. The van der Waals surface area contributed by atoms with Crippen molar-refractivity contribution in [3.63, 3.8) is 0 Å². The van der Waals surface area contributed by atoms with Gasteiger partial charge in [0.1, 0.15) is 0 Å². The Morgan fingerprint density at radius 1 is 1.12 bits per heavy atom. The molecule has 16 heavy (non-hydrogen) atoms. The van der Waals surface area contributed by atoms with Crippen molar-refractivity contribution in [1.29, 1.82) is 0 Å². The van der Waals surface area contributed by atoms with Gasteiger partial charge in [0.05, 0.1) is 5.69 Å². The highest BCUT2D eigenvalue weighted by Gasteiger charge is 2.02. The van der Waals surface area contributed by atoms with Crippen LogP contribution >= 0.6 is 0 Å². The molecule has 0 N–H and O–H groups in total. The number of hydrogen-bond donors (Lipinski definition) is 0. The van der Waals surface area contributed by atoms with E-state index in [0.717, 1.165) is 12.1 Å². The lowest BCUT2D eigenvalue weighted by molar-refractivity contribution is 0.647. The Bertz CT molecular complexity index is 452. The molecule has 2 heteroatoms. The lowest BCUT2D eigenvalue weighted by Crippen LogP contribution is -1.93. The third-order valence-corrected chi connectivity index (χ3v) is 2.61. The molecule has 1 heterocycles. The Hall–Kier alpha value is -1.57. The summed E-state index contributed by atoms with van der Waals surface area (Å²) in [5.74, 6) is 0.709. The normalized spacial score (nSPS) is 11.0. The first-order chi connectivity index (χ1) is 7.65. The first-order valence-corrected chi connectivity index (χ1v) is 5.74. The lowest BCUT2D eigenvalue weighted by atomic mass is 10.0. The predicted octanol–water partition coefficient (Wildman–Crippen LogP) is 3.29. The van der Waals surface area contributed by atoms with Gasteiger partial charge in [0.15, 0.2) is 0 Å². The predicted molar refractivity (Wildman–Crippen MR) is 67.2 cm³/mol. The fraction of sp³-hybridized carbons (Fsp3) is 0.357. The van der Waals surface area contributed by atoms with Crippen LogP contribution in [-0.2, 0) is 13.5 Å². The lowest BCUT2D eigenvalue weighted by Gasteiger charge is -2.05. The van der Waals surface area contributed by atoms with E-state index in [9.17, 15) is 0 Å². The molecule has 1 aromatic heterocycles. The number of rotatable bonds is 3. The van der Waals surface area contributed by atoms with E-state index < -0.39 is 0 Å². The SMILES string of the molecule is CC(C)Cc1ccc(-c2ccn(C)n2)cc1. The molecular formula is C14H18N2. The standard InChI is InChI=1S/C14H18N2/c1-11(2)10-12-4-6-13(7-5-12)14-8-9-16(3)15-14/h4-9,11H,10H2,1-3H3. The minimum absolute atomic E-state index is 0.709. The van der Waals surface area contributed by atoms with Crippen LogP contribution in [0.5, 0.6) is 0 Å². The van der Waals surface area contributed by atoms with Crippen LogP contribution in [0.4, 0.5) is 0 Å². The number of aryl methyl sites for hydroxylation is 1. The Kier molecular flexibility index (Phi) is 3.09. The summed E-state index contributed by atoms with van der Waals surface area (Å²) in [7, 11) is 1.94. The minimum atomic E-state index is 0.709. The van der Waals surface area contributed by atoms with Gasteiger partial charge in [-0.25, -0.2) is 0 Å². The Balaban J connectivity index is 2.19. The molecule has 1 aromatic carbocycles. The van der Waals surface area contributed by atoms with Crippen LogP contribution in [0.25, 0.3) is 11.3 Å². The molecule has 0 radical (unpaired) electrons. The fourth-order valence-electron chi connectivity index (χ4n) is 1.85. The van der Waals surface area contributed by atoms with E-state index in [4.69, 9.17) is 0 Å². The maximum atomic E-state index is 4.39. The number of hydrogen-bond acceptors (Lipinski definition) is 1. The average molecular weight is 214 g/mol. The highest BCUT2D eigenvalue weighted by atomic mass is 15.2. The van der Waals surface area contributed by atoms with Crippen molar-refractivity contribution < 1.29 is 0 Å². The maximum Gasteiger partial charge on any atom is 0.0923 e. The zero-order valence-electron chi connectivity index (χ0n) is 10.1. The van der Waals surface area contributed by atoms with Gasteiger partial charge in [-0.1, -0.05) is 38.1 Å². The largest absolute Gasteiger partial charge is 0.275 e. The van der Waals surface area contributed by atoms with E-state index in [2.05, 4.69) is 43.2 Å². The smallest absolute Gasteiger partial charge is 0.0923 e. The van der Waals surface area contributed by atoms with Gasteiger partial charge in [-0.2, -0.15) is 5.10 Å². The van der Waals surface area contributed by atoms with Crippen LogP contribution in [0, 0.1) is 5.92 Å². The molecule has 0 aliphatic heterocycles. The Morgan fingerprint density at radius 2 is 1.81 bits per heavy atom. The van der Waals surface area contributed by atoms with E-state index >= 15 is 0 Å². The summed E-state index contributed by atoms with van der Waals surface area (Å²) in [5.41, 5.74) is 3.63. The first kappa shape index (κ1) is 10.9. The highest BCUT2D eigenvalue weighted by Crippen LogP contribution is 2.18. The van der Waals surface area contributed by atoms with Crippen LogP contribution in [0.3, 0.4) is 0 Å². The van der Waals surface area contributed by atoms with Gasteiger partial charge in [0, 0.05) is 18.8 Å². The van der Waals surface area contributed by atoms with Crippen LogP contribution < -0.4 is 0 Å². The zero-order chi connectivity index (χ0) is 11.5. The van der Waals surface area contributed by atoms with Crippen molar-refractivity contribution in [2.24, 2.45) is 13.0 Å². The van der Waals surface area contributed by atoms with Crippen LogP contribution in [-0.4, -0.2) is 9.78 Å². The molecule has 0 bridgehead atoms. The first-order valence-electron chi connectivity index (χ1n) is 5.74. The molecule has 0 spiro atoms. The van der Waals surface area contributed by atoms with Crippen molar-refractivity contribution in [2.75, 3.05) is 0 Å². The average Bonchev–Trinajstić information content (AvgIpc) is 2.65. The van der Waals surface area contributed by atoms with Gasteiger partial charge < -0.3 is 0 Å². The second-order valence-corrected chi connectivity index (χ2v) is 4.67. The van der Waals surface area contributed by atoms with Crippen molar-refractivity contribution in [3.8, 4) is 11.3 Å². The maximum absolute atomic E-state index is 4.39. The quantitative estimate of drug-likeness (QED) is 0.766. The summed E-state index contributed by atoms with van der Waals surface area (Å²) >= 11 is 0. The van der Waals surface area contributed by atoms with E-state index in [0.29, 0.717) is 5.92 Å². The third-order valence-electron chi connectivity index (χ3n) is 2.61. The van der Waals surface area contributed by atoms with E-state index in [1.54, 1.807) is 0 Å². The van der Waals surface area contributed by atoms with Gasteiger partial charge in [-0.15, -0.1) is 0 Å². The van der Waals surface area contributed by atoms with Gasteiger partial charge in [-0.3, -0.25) is 4.68 Å². The van der Waals surface area contributed by atoms with Crippen molar-refractivity contribution in [3.05, 3.63) is 42.1 Å².